The number of halogens is 3. The van der Waals surface area contributed by atoms with Gasteiger partial charge >= 0.3 is 0 Å². The van der Waals surface area contributed by atoms with Crippen LogP contribution in [0.15, 0.2) is 77.8 Å². The minimum absolute atomic E-state index is 0.0798. The summed E-state index contributed by atoms with van der Waals surface area (Å²) in [5, 5.41) is 1.07. The molecule has 4 aromatic rings. The second kappa shape index (κ2) is 10.8. The Labute approximate surface area is 217 Å². The Morgan fingerprint density at radius 2 is 1.65 bits per heavy atom. The number of piperazine rings is 1. The Morgan fingerprint density at radius 3 is 2.41 bits per heavy atom. The summed E-state index contributed by atoms with van der Waals surface area (Å²) in [5.41, 5.74) is 2.48. The molecule has 1 saturated heterocycles. The van der Waals surface area contributed by atoms with Crippen LogP contribution in [-0.2, 0) is 0 Å². The van der Waals surface area contributed by atoms with Crippen LogP contribution < -0.4 is 4.72 Å². The van der Waals surface area contributed by atoms with E-state index in [-0.39, 0.29) is 11.5 Å². The van der Waals surface area contributed by atoms with E-state index in [9.17, 15) is 18.0 Å². The highest BCUT2D eigenvalue weighted by molar-refractivity contribution is 8.00. The number of amides is 1. The molecule has 1 unspecified atom stereocenters. The van der Waals surface area contributed by atoms with Gasteiger partial charge in [0.1, 0.15) is 0 Å². The normalized spacial score (nSPS) is 15.1. The molecule has 1 N–H and O–H groups in total. The molecule has 1 atom stereocenters. The summed E-state index contributed by atoms with van der Waals surface area (Å²) in [7, 11) is 0. The van der Waals surface area contributed by atoms with Crippen LogP contribution in [0.3, 0.4) is 0 Å². The monoisotopic (exact) mass is 522 g/mol. The summed E-state index contributed by atoms with van der Waals surface area (Å²) < 4.78 is 44.5. The summed E-state index contributed by atoms with van der Waals surface area (Å²) in [6.07, 6.45) is 1.77. The Kier molecular flexibility index (Phi) is 7.34. The lowest BCUT2D eigenvalue weighted by molar-refractivity contribution is 0.0578. The van der Waals surface area contributed by atoms with E-state index in [0.29, 0.717) is 31.7 Å². The molecular formula is C28H25F3N4OS. The molecule has 1 amide bonds. The molecule has 1 aliphatic heterocycles. The Hall–Kier alpha value is -3.56. The molecule has 0 bridgehead atoms. The van der Waals surface area contributed by atoms with E-state index >= 15 is 0 Å². The van der Waals surface area contributed by atoms with Crippen molar-refractivity contribution in [2.45, 2.75) is 17.9 Å². The van der Waals surface area contributed by atoms with Crippen molar-refractivity contribution in [2.24, 2.45) is 0 Å². The van der Waals surface area contributed by atoms with Gasteiger partial charge in [-0.2, -0.15) is 0 Å². The minimum Gasteiger partial charge on any atom is -0.336 e. The van der Waals surface area contributed by atoms with Gasteiger partial charge < -0.3 is 9.62 Å². The van der Waals surface area contributed by atoms with Gasteiger partial charge in [-0.15, -0.1) is 0 Å². The van der Waals surface area contributed by atoms with Gasteiger partial charge in [0.05, 0.1) is 10.4 Å². The summed E-state index contributed by atoms with van der Waals surface area (Å²) >= 11 is 1.46. The van der Waals surface area contributed by atoms with E-state index in [4.69, 9.17) is 0 Å². The molecule has 9 heteroatoms. The summed E-state index contributed by atoms with van der Waals surface area (Å²) in [4.78, 5) is 22.2. The zero-order valence-electron chi connectivity index (χ0n) is 20.1. The number of fused-ring (bicyclic) bond motifs is 1. The number of hydrogen-bond acceptors (Lipinski definition) is 5. The van der Waals surface area contributed by atoms with Crippen LogP contribution in [0.25, 0.3) is 10.9 Å². The van der Waals surface area contributed by atoms with Gasteiger partial charge in [0.25, 0.3) is 5.91 Å². The molecule has 0 radical (unpaired) electrons. The van der Waals surface area contributed by atoms with Crippen molar-refractivity contribution in [1.82, 2.24) is 14.8 Å². The highest BCUT2D eigenvalue weighted by Gasteiger charge is 2.28. The molecule has 5 nitrogen and oxygen atoms in total. The fraction of sp³-hybridized carbons (Fsp3) is 0.214. The lowest BCUT2D eigenvalue weighted by atomic mass is 10.0. The maximum atomic E-state index is 14.2. The summed E-state index contributed by atoms with van der Waals surface area (Å²) in [6, 6.07) is 19.0. The number of hydrogen-bond donors (Lipinski definition) is 1. The van der Waals surface area contributed by atoms with Crippen molar-refractivity contribution >= 4 is 34.4 Å². The summed E-state index contributed by atoms with van der Waals surface area (Å²) in [6.45, 7) is 3.67. The molecule has 1 fully saturated rings. The predicted octanol–water partition coefficient (Wildman–Crippen LogP) is 6.29. The number of aromatic nitrogens is 1. The van der Waals surface area contributed by atoms with Gasteiger partial charge in [-0.1, -0.05) is 24.3 Å². The van der Waals surface area contributed by atoms with E-state index < -0.39 is 23.5 Å². The van der Waals surface area contributed by atoms with E-state index in [1.165, 1.54) is 18.0 Å². The first-order valence-corrected chi connectivity index (χ1v) is 12.8. The Morgan fingerprint density at radius 1 is 0.919 bits per heavy atom. The minimum atomic E-state index is -1.46. The third-order valence-electron chi connectivity index (χ3n) is 6.67. The zero-order chi connectivity index (χ0) is 25.9. The average Bonchev–Trinajstić information content (AvgIpc) is 2.94. The first-order chi connectivity index (χ1) is 17.9. The van der Waals surface area contributed by atoms with Crippen LogP contribution in [-0.4, -0.2) is 46.9 Å². The van der Waals surface area contributed by atoms with Crippen LogP contribution in [0, 0.1) is 17.5 Å². The number of nitrogens with zero attached hydrogens (tertiary/aromatic N) is 3. The molecular weight excluding hydrogens is 497 g/mol. The van der Waals surface area contributed by atoms with Crippen LogP contribution in [0.2, 0.25) is 0 Å². The third-order valence-corrected chi connectivity index (χ3v) is 7.56. The van der Waals surface area contributed by atoms with Crippen molar-refractivity contribution in [3.63, 3.8) is 0 Å². The number of para-hydroxylation sites is 1. The Balaban J connectivity index is 1.17. The quantitative estimate of drug-likeness (QED) is 0.238. The molecule has 190 valence electrons. The molecule has 0 saturated carbocycles. The molecule has 3 aromatic carbocycles. The summed E-state index contributed by atoms with van der Waals surface area (Å²) in [5.74, 6) is -3.89. The topological polar surface area (TPSA) is 48.5 Å². The zero-order valence-corrected chi connectivity index (χ0v) is 20.9. The third kappa shape index (κ3) is 5.28. The number of pyridine rings is 1. The number of nitrogens with one attached hydrogen (secondary N) is 1. The van der Waals surface area contributed by atoms with Gasteiger partial charge in [0, 0.05) is 60.6 Å². The van der Waals surface area contributed by atoms with E-state index in [1.54, 1.807) is 30.2 Å². The molecule has 0 aliphatic carbocycles. The fourth-order valence-electron chi connectivity index (χ4n) is 4.51. The lowest BCUT2D eigenvalue weighted by Crippen LogP contribution is -2.49. The van der Waals surface area contributed by atoms with Crippen molar-refractivity contribution in [3.8, 4) is 0 Å². The first kappa shape index (κ1) is 25.1. The highest BCUT2D eigenvalue weighted by Crippen LogP contribution is 2.29. The number of benzene rings is 3. The van der Waals surface area contributed by atoms with Crippen LogP contribution in [0.1, 0.15) is 28.9 Å². The molecule has 0 spiro atoms. The highest BCUT2D eigenvalue weighted by atomic mass is 32.2. The van der Waals surface area contributed by atoms with Gasteiger partial charge in [-0.05, 0) is 61.3 Å². The lowest BCUT2D eigenvalue weighted by Gasteiger charge is -2.38. The molecule has 37 heavy (non-hydrogen) atoms. The van der Waals surface area contributed by atoms with Crippen molar-refractivity contribution in [3.05, 3.63) is 102 Å². The smallest absolute Gasteiger partial charge is 0.253 e. The maximum Gasteiger partial charge on any atom is 0.253 e. The van der Waals surface area contributed by atoms with Crippen LogP contribution >= 0.6 is 11.9 Å². The van der Waals surface area contributed by atoms with Crippen molar-refractivity contribution in [2.75, 3.05) is 30.9 Å². The second-order valence-electron chi connectivity index (χ2n) is 8.88. The average molecular weight is 523 g/mol. The molecule has 1 aliphatic rings. The first-order valence-electron chi connectivity index (χ1n) is 12.0. The molecule has 5 rings (SSSR count). The number of carbonyl (C=O) groups excluding carboxylic acids is 1. The predicted molar refractivity (Wildman–Crippen MR) is 140 cm³/mol. The molecule has 2 heterocycles. The van der Waals surface area contributed by atoms with E-state index in [2.05, 4.69) is 9.71 Å². The SMILES string of the molecule is CC(c1ccc(F)c(F)c1F)N1CCN(C(=O)c2ccc(NSc3cccc4cccnc34)cc2)CC1. The van der Waals surface area contributed by atoms with Crippen LogP contribution in [0.4, 0.5) is 18.9 Å². The van der Waals surface area contributed by atoms with Crippen molar-refractivity contribution in [1.29, 1.82) is 0 Å². The maximum absolute atomic E-state index is 14.2. The number of rotatable bonds is 6. The molecule has 1 aromatic heterocycles. The second-order valence-corrected chi connectivity index (χ2v) is 9.73. The van der Waals surface area contributed by atoms with Crippen molar-refractivity contribution < 1.29 is 18.0 Å². The number of carbonyl (C=O) groups is 1. The standard InChI is InChI=1S/C28H25F3N4OS/c1-18(22-11-12-23(29)26(31)25(22)30)34-14-16-35(17-15-34)28(36)20-7-9-21(10-8-20)33-37-24-6-2-4-19-5-3-13-32-27(19)24/h2-13,18,33H,14-17H2,1H3. The van der Waals surface area contributed by atoms with Gasteiger partial charge in [0.15, 0.2) is 17.5 Å². The van der Waals surface area contributed by atoms with E-state index in [0.717, 1.165) is 27.6 Å². The fourth-order valence-corrected chi connectivity index (χ4v) is 5.29. The largest absolute Gasteiger partial charge is 0.336 e. The van der Waals surface area contributed by atoms with Crippen LogP contribution in [0.5, 0.6) is 0 Å². The Bertz CT molecular complexity index is 1420. The van der Waals surface area contributed by atoms with Gasteiger partial charge in [-0.3, -0.25) is 14.7 Å². The van der Waals surface area contributed by atoms with Gasteiger partial charge in [-0.25, -0.2) is 13.2 Å². The number of anilines is 1. The van der Waals surface area contributed by atoms with Gasteiger partial charge in [0.2, 0.25) is 0 Å². The van der Waals surface area contributed by atoms with E-state index in [1.807, 2.05) is 47.4 Å².